The lowest BCUT2D eigenvalue weighted by Gasteiger charge is -2.30. The number of hydrogen-bond donors (Lipinski definition) is 1. The highest BCUT2D eigenvalue weighted by molar-refractivity contribution is 9.09. The molecule has 1 aliphatic rings. The molecule has 1 N–H and O–H groups in total. The lowest BCUT2D eigenvalue weighted by atomic mass is 9.86. The summed E-state index contributed by atoms with van der Waals surface area (Å²) in [5, 5.41) is 12.2. The molecular formula is C74H114Br2F34O21Si2. The highest BCUT2D eigenvalue weighted by atomic mass is 79.9. The number of ether oxygens (including phenoxy) is 11. The zero-order valence-electron chi connectivity index (χ0n) is 74.9. The van der Waals surface area contributed by atoms with E-state index in [1.165, 1.54) is 38.3 Å². The van der Waals surface area contributed by atoms with Crippen LogP contribution in [0.25, 0.3) is 0 Å². The second kappa shape index (κ2) is 93.3. The first kappa shape index (κ1) is 156. The Morgan fingerprint density at radius 3 is 0.827 bits per heavy atom. The Hall–Kier alpha value is -7.76. The molecule has 5 unspecified atom stereocenters. The van der Waals surface area contributed by atoms with Crippen LogP contribution in [0.3, 0.4) is 0 Å². The van der Waals surface area contributed by atoms with Crippen LogP contribution >= 0.6 is 31.9 Å². The van der Waals surface area contributed by atoms with Crippen molar-refractivity contribution in [1.29, 1.82) is 0 Å². The number of aliphatic hydroxyl groups is 1. The summed E-state index contributed by atoms with van der Waals surface area (Å²) in [6.07, 6.45) is -12.2. The molecule has 21 nitrogen and oxygen atoms in total. The van der Waals surface area contributed by atoms with Crippen LogP contribution in [-0.4, -0.2) is 265 Å². The third kappa shape index (κ3) is 102. The highest BCUT2D eigenvalue weighted by Crippen LogP contribution is 2.39. The Balaban J connectivity index is -0.000000114. The molecule has 2 aromatic carbocycles. The second-order valence-corrected chi connectivity index (χ2v) is 39.9. The van der Waals surface area contributed by atoms with E-state index in [9.17, 15) is 198 Å². The molecule has 0 amide bonds. The number of carbonyl (C=O) groups excluding carboxylic acids is 9. The van der Waals surface area contributed by atoms with Crippen LogP contribution in [-0.2, 0) is 85.7 Å². The zero-order valence-corrected chi connectivity index (χ0v) is 80.0. The number of esters is 7. The maximum absolute atomic E-state index is 13.2. The van der Waals surface area contributed by atoms with Gasteiger partial charge in [0.2, 0.25) is 83.1 Å². The average Bonchev–Trinajstić information content (AvgIpc) is 0.829. The molecular weight excluding hydrogens is 2090 g/mol. The van der Waals surface area contributed by atoms with Crippen molar-refractivity contribution in [3.8, 4) is 0 Å². The summed E-state index contributed by atoms with van der Waals surface area (Å²) in [5.74, 6) is -4.76. The van der Waals surface area contributed by atoms with Crippen LogP contribution in [0.1, 0.15) is 95.9 Å². The van der Waals surface area contributed by atoms with Gasteiger partial charge in [0.25, 0.3) is 0 Å². The van der Waals surface area contributed by atoms with Crippen molar-refractivity contribution < 1.29 is 250 Å². The fourth-order valence-electron chi connectivity index (χ4n) is 7.49. The van der Waals surface area contributed by atoms with Crippen molar-refractivity contribution in [2.75, 3.05) is 177 Å². The largest absolute Gasteiger partial charge is 0.559 e. The normalized spacial score (nSPS) is 12.9. The number of aliphatic hydroxyl groups excluding tert-OH is 1. The van der Waals surface area contributed by atoms with Crippen molar-refractivity contribution >= 4 is 112 Å². The van der Waals surface area contributed by atoms with Gasteiger partial charge in [-0.25, -0.2) is 124 Å². The molecule has 0 radical (unpaired) electrons. The second-order valence-electron chi connectivity index (χ2n) is 27.5. The van der Waals surface area contributed by atoms with Gasteiger partial charge in [-0.3, -0.25) is 33.6 Å². The molecule has 5 atom stereocenters. The molecule has 3 rings (SSSR count). The van der Waals surface area contributed by atoms with Crippen molar-refractivity contribution in [3.63, 3.8) is 0 Å². The topological polar surface area (TPSA) is 275 Å². The molecule has 1 fully saturated rings. The summed E-state index contributed by atoms with van der Waals surface area (Å²) < 4.78 is 387. The summed E-state index contributed by atoms with van der Waals surface area (Å²) in [4.78, 5) is 108. The van der Waals surface area contributed by atoms with Gasteiger partial charge >= 0.3 is 67.0 Å². The molecule has 59 heteroatoms. The first-order valence-corrected chi connectivity index (χ1v) is 44.6. The Bertz CT molecular complexity index is 3050. The number of cyclic esters (lactones) is 2. The van der Waals surface area contributed by atoms with E-state index < -0.39 is 258 Å². The Morgan fingerprint density at radius 1 is 0.383 bits per heavy atom. The fraction of sp³-hybridized carbons (Fsp3) is 0.716. The van der Waals surface area contributed by atoms with Crippen LogP contribution < -0.4 is 10.4 Å². The Morgan fingerprint density at radius 2 is 0.609 bits per heavy atom. The molecule has 0 spiro atoms. The number of benzene rings is 2. The van der Waals surface area contributed by atoms with Gasteiger partial charge in [-0.1, -0.05) is 130 Å². The molecule has 796 valence electrons. The standard InChI is InChI=1S/C31H46BrFO11Si.C22H34BrFO5Si.C7H10O5.2CF4.12CH2F2/c1-21(34)41-17-30(4,26(36)39-6)19-43-28(38)44-20-31(5,27(37)40-15-14-33)18-42-25(35)29(2,3)16-24(32)22-10-12-23(13-11-22)45(7,8)9;1-21(2,13-18(23)16-7-9-17(10-8-16)30(4,5)6)19(26)29-15-22(3,14-25)20(27)28-12-11-24;1-7(5(8)10-2)3-11-6(9)12-4-7;2*2-1(3,4)5;12*2-1-3/h10-13,24H,14-20H2,1-9H3;7-10,18,25H,11-15H2,1-6H3;3-4H2,1-2H3;;;12*1H2. The van der Waals surface area contributed by atoms with Gasteiger partial charge in [-0.15, -0.1) is 35.1 Å². The van der Waals surface area contributed by atoms with Crippen LogP contribution in [0.4, 0.5) is 159 Å². The van der Waals surface area contributed by atoms with Crippen molar-refractivity contribution in [3.05, 3.63) is 59.7 Å². The molecule has 2 aromatic rings. The summed E-state index contributed by atoms with van der Waals surface area (Å²) in [6, 6.07) is 16.7. The lowest BCUT2D eigenvalue weighted by Crippen LogP contribution is -2.43. The number of rotatable bonds is 29. The van der Waals surface area contributed by atoms with Gasteiger partial charge in [0.1, 0.15) is 94.5 Å². The summed E-state index contributed by atoms with van der Waals surface area (Å²) in [6.45, 7) is 0.693. The van der Waals surface area contributed by atoms with Gasteiger partial charge in [0.05, 0.1) is 47.8 Å². The number of hydrogen-bond acceptors (Lipinski definition) is 21. The molecule has 0 bridgehead atoms. The predicted molar refractivity (Wildman–Crippen MR) is 429 cm³/mol. The quantitative estimate of drug-likeness (QED) is 0.0260. The van der Waals surface area contributed by atoms with Gasteiger partial charge < -0.3 is 57.2 Å². The average molecular weight is 2200 g/mol. The van der Waals surface area contributed by atoms with Crippen LogP contribution in [0.15, 0.2) is 48.5 Å². The number of alkyl halides is 36. The third-order valence-corrected chi connectivity index (χ3v) is 19.6. The van der Waals surface area contributed by atoms with E-state index in [1.54, 1.807) is 34.6 Å². The van der Waals surface area contributed by atoms with E-state index in [0.717, 1.165) is 25.2 Å². The SMILES string of the molecule is CC(C)(CC(Br)c1ccc([Si](C)(C)C)cc1)C(=O)OCC(C)(CO)C(=O)OCCF.COC(=O)C(C)(COC(C)=O)COC(=O)OCC(C)(COC(=O)C(C)(C)CC(Br)c1ccc([Si](C)(C)C)cc1)C(=O)OCCF.COC(=O)C1(C)COC(=O)OC1.FC(F)(F)F.FC(F)(F)F.FCF.FCF.FCF.FCF.FCF.FCF.FCF.FCF.FCF.FCF.FCF.FCF. The van der Waals surface area contributed by atoms with E-state index >= 15 is 0 Å². The van der Waals surface area contributed by atoms with Crippen molar-refractivity contribution in [2.24, 2.45) is 32.5 Å². The molecule has 0 aliphatic carbocycles. The maximum Gasteiger partial charge on any atom is 0.559 e. The fourth-order valence-corrected chi connectivity index (χ4v) is 12.1. The number of carbonyl (C=O) groups is 9. The number of halogens is 36. The van der Waals surface area contributed by atoms with E-state index in [-0.39, 0.29) is 29.5 Å². The van der Waals surface area contributed by atoms with E-state index in [1.807, 2.05) is 12.1 Å². The monoisotopic (exact) mass is 2200 g/mol. The first-order chi connectivity index (χ1) is 61.0. The van der Waals surface area contributed by atoms with Crippen molar-refractivity contribution in [2.45, 2.75) is 137 Å². The summed E-state index contributed by atoms with van der Waals surface area (Å²) in [7, 11) is -0.440. The van der Waals surface area contributed by atoms with Crippen LogP contribution in [0, 0.1) is 32.5 Å². The maximum atomic E-state index is 13.2. The molecule has 0 saturated carbocycles. The zero-order chi connectivity index (χ0) is 108. The molecule has 0 aromatic heterocycles. The first-order valence-electron chi connectivity index (χ1n) is 35.8. The van der Waals surface area contributed by atoms with Gasteiger partial charge in [0.15, 0.2) is 0 Å². The van der Waals surface area contributed by atoms with E-state index in [2.05, 4.69) is 122 Å². The van der Waals surface area contributed by atoms with Gasteiger partial charge in [-0.05, 0) is 79.4 Å². The van der Waals surface area contributed by atoms with Gasteiger partial charge in [-0.2, -0.15) is 0 Å². The van der Waals surface area contributed by atoms with Crippen LogP contribution in [0.2, 0.25) is 39.3 Å². The minimum Gasteiger partial charge on any atom is -0.468 e. The Labute approximate surface area is 765 Å². The van der Waals surface area contributed by atoms with E-state index in [4.69, 9.17) is 37.9 Å². The summed E-state index contributed by atoms with van der Waals surface area (Å²) in [5.41, 5.74) is -5.28. The molecule has 133 heavy (non-hydrogen) atoms. The minimum atomic E-state index is -5.50. The predicted octanol–water partition coefficient (Wildman–Crippen LogP) is 23.1. The lowest BCUT2D eigenvalue weighted by molar-refractivity contribution is -0.238. The molecule has 1 heterocycles. The van der Waals surface area contributed by atoms with E-state index in [0.29, 0.717) is 12.8 Å². The summed E-state index contributed by atoms with van der Waals surface area (Å²) >= 11 is 7.35. The smallest absolute Gasteiger partial charge is 0.468 e. The molecule has 1 saturated heterocycles. The van der Waals surface area contributed by atoms with Crippen molar-refractivity contribution in [1.82, 2.24) is 0 Å². The molecule has 1 aliphatic heterocycles. The minimum absolute atomic E-state index is 0.0124. The van der Waals surface area contributed by atoms with Crippen LogP contribution in [0.5, 0.6) is 0 Å². The third-order valence-electron chi connectivity index (χ3n) is 13.7. The highest BCUT2D eigenvalue weighted by Gasteiger charge is 2.45. The van der Waals surface area contributed by atoms with Gasteiger partial charge in [0, 0.05) is 16.6 Å². The Kier molecular flexibility index (Phi) is 110. The number of methoxy groups -OCH3 is 2.